The van der Waals surface area contributed by atoms with Crippen molar-refractivity contribution < 1.29 is 4.74 Å². The molecule has 0 radical (unpaired) electrons. The largest absolute Gasteiger partial charge is 0.344 e. The minimum Gasteiger partial charge on any atom is -0.344 e. The fourth-order valence-corrected chi connectivity index (χ4v) is 3.37. The number of rotatable bonds is 4. The van der Waals surface area contributed by atoms with Crippen LogP contribution in [-0.2, 0) is 4.74 Å². The van der Waals surface area contributed by atoms with Gasteiger partial charge < -0.3 is 14.5 Å². The second-order valence-electron chi connectivity index (χ2n) is 5.48. The summed E-state index contributed by atoms with van der Waals surface area (Å²) in [6.45, 7) is 10.6. The van der Waals surface area contributed by atoms with E-state index in [1.165, 1.54) is 19.6 Å². The van der Waals surface area contributed by atoms with Crippen LogP contribution in [0.2, 0.25) is 0 Å². The van der Waals surface area contributed by atoms with Gasteiger partial charge in [0, 0.05) is 0 Å². The van der Waals surface area contributed by atoms with Gasteiger partial charge in [-0.2, -0.15) is 0 Å². The highest BCUT2D eigenvalue weighted by molar-refractivity contribution is 8.10. The molecule has 0 amide bonds. The molecule has 8 heteroatoms. The lowest BCUT2D eigenvalue weighted by molar-refractivity contribution is 0.0224. The van der Waals surface area contributed by atoms with Crippen molar-refractivity contribution in [1.82, 2.24) is 9.80 Å². The molecule has 2 rings (SSSR count). The van der Waals surface area contributed by atoms with E-state index in [2.05, 4.69) is 38.3 Å². The van der Waals surface area contributed by atoms with E-state index >= 15 is 0 Å². The molecule has 1 fully saturated rings. The summed E-state index contributed by atoms with van der Waals surface area (Å²) in [4.78, 5) is 4.04. The average molecular weight is 444 g/mol. The van der Waals surface area contributed by atoms with E-state index in [4.69, 9.17) is 51.8 Å². The zero-order chi connectivity index (χ0) is 19.0. The summed E-state index contributed by atoms with van der Waals surface area (Å²) >= 11 is 26.9. The topological polar surface area (TPSA) is 15.7 Å². The molecule has 25 heavy (non-hydrogen) atoms. The van der Waals surface area contributed by atoms with Crippen LogP contribution in [0, 0.1) is 0 Å². The number of thiol groups is 1. The zero-order valence-electron chi connectivity index (χ0n) is 14.7. The van der Waals surface area contributed by atoms with E-state index in [0.717, 1.165) is 5.56 Å². The number of halogens is 3. The smallest absolute Gasteiger partial charge is 0.234 e. The van der Waals surface area contributed by atoms with Gasteiger partial charge in [0.25, 0.3) is 0 Å². The third kappa shape index (κ3) is 7.41. The molecular weight excluding hydrogens is 419 g/mol. The van der Waals surface area contributed by atoms with Crippen LogP contribution in [-0.4, -0.2) is 50.3 Å². The Bertz CT molecular complexity index is 519. The van der Waals surface area contributed by atoms with Crippen LogP contribution in [0.3, 0.4) is 0 Å². The Labute approximate surface area is 177 Å². The van der Waals surface area contributed by atoms with Gasteiger partial charge in [0.15, 0.2) is 6.23 Å². The molecule has 1 aliphatic rings. The predicted octanol–water partition coefficient (Wildman–Crippen LogP) is 5.32. The van der Waals surface area contributed by atoms with Crippen LogP contribution < -0.4 is 0 Å². The number of benzene rings is 1. The van der Waals surface area contributed by atoms with Crippen LogP contribution >= 0.6 is 59.6 Å². The van der Waals surface area contributed by atoms with Gasteiger partial charge in [-0.05, 0) is 25.2 Å². The van der Waals surface area contributed by atoms with E-state index in [1.807, 2.05) is 30.3 Å². The Morgan fingerprint density at radius 3 is 2.04 bits per heavy atom. The van der Waals surface area contributed by atoms with Gasteiger partial charge in [0.2, 0.25) is 3.79 Å². The first-order valence-corrected chi connectivity index (χ1v) is 10.2. The van der Waals surface area contributed by atoms with Crippen molar-refractivity contribution in [3.8, 4) is 0 Å². The highest BCUT2D eigenvalue weighted by Gasteiger charge is 2.46. The minimum absolute atomic E-state index is 0.183. The fraction of sp³-hybridized carbons (Fsp3) is 0.588. The van der Waals surface area contributed by atoms with Gasteiger partial charge in [0.1, 0.15) is 10.4 Å². The lowest BCUT2D eigenvalue weighted by atomic mass is 10.1. The summed E-state index contributed by atoms with van der Waals surface area (Å²) in [6, 6.07) is 9.73. The summed E-state index contributed by atoms with van der Waals surface area (Å²) in [6.07, 6.45) is -0.908. The summed E-state index contributed by atoms with van der Waals surface area (Å²) in [5.41, 5.74) is 1.02. The SMILES string of the molecule is CCN(CC)CC.S=C(S)N1CC(c2ccccc2)OC1C(Cl)(Cl)Cl. The van der Waals surface area contributed by atoms with E-state index < -0.39 is 10.0 Å². The molecule has 2 atom stereocenters. The van der Waals surface area contributed by atoms with E-state index in [0.29, 0.717) is 10.9 Å². The highest BCUT2D eigenvalue weighted by atomic mass is 35.6. The summed E-state index contributed by atoms with van der Waals surface area (Å²) in [5.74, 6) is 0. The van der Waals surface area contributed by atoms with Gasteiger partial charge in [-0.25, -0.2) is 0 Å². The highest BCUT2D eigenvalue weighted by Crippen LogP contribution is 2.42. The summed E-state index contributed by atoms with van der Waals surface area (Å²) in [7, 11) is 0. The lowest BCUT2D eigenvalue weighted by Crippen LogP contribution is -2.41. The molecule has 0 spiro atoms. The second kappa shape index (κ2) is 11.2. The Morgan fingerprint density at radius 1 is 1.20 bits per heavy atom. The Balaban J connectivity index is 0.000000381. The van der Waals surface area contributed by atoms with Crippen molar-refractivity contribution in [2.75, 3.05) is 26.2 Å². The molecule has 1 aromatic rings. The van der Waals surface area contributed by atoms with Crippen LogP contribution in [0.4, 0.5) is 0 Å². The fourth-order valence-electron chi connectivity index (χ4n) is 2.50. The van der Waals surface area contributed by atoms with Crippen LogP contribution in [0.25, 0.3) is 0 Å². The molecule has 0 saturated carbocycles. The summed E-state index contributed by atoms with van der Waals surface area (Å²) in [5, 5.41) is 0. The van der Waals surface area contributed by atoms with Gasteiger partial charge in [0.05, 0.1) is 6.54 Å². The lowest BCUT2D eigenvalue weighted by Gasteiger charge is -2.28. The monoisotopic (exact) mass is 442 g/mol. The molecule has 0 bridgehead atoms. The molecular formula is C17H25Cl3N2OS2. The Kier molecular flexibility index (Phi) is 10.4. The predicted molar refractivity (Wildman–Crippen MR) is 116 cm³/mol. The van der Waals surface area contributed by atoms with Crippen LogP contribution in [0.15, 0.2) is 30.3 Å². The third-order valence-corrected chi connectivity index (χ3v) is 5.03. The number of nitrogens with zero attached hydrogens (tertiary/aromatic N) is 2. The van der Waals surface area contributed by atoms with Crippen LogP contribution in [0.1, 0.15) is 32.4 Å². The first-order chi connectivity index (χ1) is 11.7. The molecule has 0 aliphatic carbocycles. The molecule has 3 nitrogen and oxygen atoms in total. The maximum absolute atomic E-state index is 5.90. The Hall–Kier alpha value is 0.250. The molecule has 142 valence electrons. The number of hydrogen-bond acceptors (Lipinski definition) is 3. The van der Waals surface area contributed by atoms with Crippen LogP contribution in [0.5, 0.6) is 0 Å². The Morgan fingerprint density at radius 2 is 1.72 bits per heavy atom. The van der Waals surface area contributed by atoms with Gasteiger partial charge in [-0.15, -0.1) is 12.6 Å². The first kappa shape index (κ1) is 23.3. The van der Waals surface area contributed by atoms with Crippen molar-refractivity contribution in [2.45, 2.75) is 36.9 Å². The van der Waals surface area contributed by atoms with Crippen molar-refractivity contribution in [3.05, 3.63) is 35.9 Å². The molecule has 0 N–H and O–H groups in total. The number of hydrogen-bond donors (Lipinski definition) is 1. The molecule has 0 aromatic heterocycles. The molecule has 1 saturated heterocycles. The van der Waals surface area contributed by atoms with Crippen molar-refractivity contribution >= 4 is 64.0 Å². The maximum Gasteiger partial charge on any atom is 0.234 e. The van der Waals surface area contributed by atoms with Crippen molar-refractivity contribution in [3.63, 3.8) is 0 Å². The standard InChI is InChI=1S/C11H10Cl3NOS2.C6H15N/c12-11(13,14)9-15(10(17)18)6-8(16-9)7-4-2-1-3-5-7;1-4-7(5-2)6-3/h1-5,8-9H,6H2,(H,17,18);4-6H2,1-3H3. The average Bonchev–Trinajstić information content (AvgIpc) is 3.04. The van der Waals surface area contributed by atoms with Crippen molar-refractivity contribution in [2.24, 2.45) is 0 Å². The first-order valence-electron chi connectivity index (χ1n) is 8.23. The van der Waals surface area contributed by atoms with Gasteiger partial charge in [-0.1, -0.05) is 98.1 Å². The zero-order valence-corrected chi connectivity index (χ0v) is 18.6. The normalized spacial score (nSPS) is 20.4. The van der Waals surface area contributed by atoms with Gasteiger partial charge >= 0.3 is 0 Å². The van der Waals surface area contributed by atoms with Gasteiger partial charge in [-0.3, -0.25) is 0 Å². The van der Waals surface area contributed by atoms with Crippen molar-refractivity contribution in [1.29, 1.82) is 0 Å². The second-order valence-corrected chi connectivity index (χ2v) is 8.97. The summed E-state index contributed by atoms with van der Waals surface area (Å²) < 4.78 is 4.56. The maximum atomic E-state index is 5.90. The van der Waals surface area contributed by atoms with E-state index in [1.54, 1.807) is 4.90 Å². The molecule has 1 aliphatic heterocycles. The minimum atomic E-state index is -1.57. The number of ether oxygens (including phenoxy) is 1. The number of thiocarbonyl (C=S) groups is 1. The third-order valence-electron chi connectivity index (χ3n) is 3.98. The number of alkyl halides is 3. The molecule has 1 aromatic carbocycles. The molecule has 2 unspecified atom stereocenters. The van der Waals surface area contributed by atoms with E-state index in [-0.39, 0.29) is 6.10 Å². The van der Waals surface area contributed by atoms with E-state index in [9.17, 15) is 0 Å². The molecule has 1 heterocycles. The quantitative estimate of drug-likeness (QED) is 0.385.